The normalized spacial score (nSPS) is 23.6. The molecule has 1 amide bonds. The Kier molecular flexibility index (Phi) is 4.43. The summed E-state index contributed by atoms with van der Waals surface area (Å²) in [6, 6.07) is 3.94. The highest BCUT2D eigenvalue weighted by molar-refractivity contribution is 7.13. The largest absolute Gasteiger partial charge is 0.390 e. The number of rotatable bonds is 4. The van der Waals surface area contributed by atoms with Crippen LogP contribution in [-0.2, 0) is 17.9 Å². The van der Waals surface area contributed by atoms with Gasteiger partial charge < -0.3 is 14.9 Å². The maximum atomic E-state index is 13.2. The molecule has 0 saturated carbocycles. The van der Waals surface area contributed by atoms with E-state index in [0.717, 1.165) is 49.6 Å². The van der Waals surface area contributed by atoms with Crippen LogP contribution in [0.25, 0.3) is 0 Å². The second-order valence-electron chi connectivity index (χ2n) is 6.92. The predicted octanol–water partition coefficient (Wildman–Crippen LogP) is 2.05. The molecule has 4 heterocycles. The lowest BCUT2D eigenvalue weighted by Crippen LogP contribution is -2.49. The van der Waals surface area contributed by atoms with E-state index in [0.29, 0.717) is 12.2 Å². The first-order chi connectivity index (χ1) is 12.2. The molecule has 2 aromatic rings. The molecular formula is C18H22N4O2S. The summed E-state index contributed by atoms with van der Waals surface area (Å²) in [6.45, 7) is 3.01. The van der Waals surface area contributed by atoms with Crippen molar-refractivity contribution < 1.29 is 9.90 Å². The molecule has 4 rings (SSSR count). The Hall–Kier alpha value is -1.99. The average Bonchev–Trinajstić information content (AvgIpc) is 3.28. The summed E-state index contributed by atoms with van der Waals surface area (Å²) in [6.07, 6.45) is 6.46. The number of pyridine rings is 1. The zero-order chi connectivity index (χ0) is 17.3. The number of carbonyl (C=O) groups is 1. The van der Waals surface area contributed by atoms with Crippen LogP contribution in [-0.4, -0.2) is 45.5 Å². The molecule has 0 aromatic carbocycles. The van der Waals surface area contributed by atoms with Gasteiger partial charge in [0, 0.05) is 44.0 Å². The van der Waals surface area contributed by atoms with E-state index in [1.54, 1.807) is 17.5 Å². The van der Waals surface area contributed by atoms with Crippen molar-refractivity contribution in [2.75, 3.05) is 24.5 Å². The number of piperidine rings is 1. The number of hydrogen-bond donors (Lipinski definition) is 1. The Morgan fingerprint density at radius 2 is 2.24 bits per heavy atom. The summed E-state index contributed by atoms with van der Waals surface area (Å²) in [7, 11) is 0. The molecule has 1 atom stereocenters. The van der Waals surface area contributed by atoms with Gasteiger partial charge in [-0.1, -0.05) is 6.07 Å². The van der Waals surface area contributed by atoms with E-state index in [-0.39, 0.29) is 17.9 Å². The van der Waals surface area contributed by atoms with Gasteiger partial charge in [-0.3, -0.25) is 9.78 Å². The molecule has 1 unspecified atom stereocenters. The summed E-state index contributed by atoms with van der Waals surface area (Å²) >= 11 is 1.55. The van der Waals surface area contributed by atoms with Gasteiger partial charge in [0.15, 0.2) is 5.13 Å². The summed E-state index contributed by atoms with van der Waals surface area (Å²) in [5.41, 5.74) is 1.50. The smallest absolute Gasteiger partial charge is 0.230 e. The quantitative estimate of drug-likeness (QED) is 0.906. The van der Waals surface area contributed by atoms with Crippen molar-refractivity contribution in [2.45, 2.75) is 32.4 Å². The van der Waals surface area contributed by atoms with Gasteiger partial charge in [-0.15, -0.1) is 11.3 Å². The second kappa shape index (κ2) is 6.72. The standard InChI is InChI=1S/C18H22N4O2S/c23-11-15-12-25-17(20-15)22-8-5-18(13-22)4-2-7-21(16(18)24)10-14-3-1-6-19-9-14/h1,3,6,9,12,23H,2,4-5,7-8,10-11,13H2. The summed E-state index contributed by atoms with van der Waals surface area (Å²) in [5.74, 6) is 0.268. The Morgan fingerprint density at radius 3 is 3.00 bits per heavy atom. The Balaban J connectivity index is 1.48. The van der Waals surface area contributed by atoms with E-state index in [2.05, 4.69) is 14.9 Å². The predicted molar refractivity (Wildman–Crippen MR) is 96.2 cm³/mol. The number of amides is 1. The van der Waals surface area contributed by atoms with E-state index in [1.165, 1.54) is 0 Å². The molecule has 2 aromatic heterocycles. The number of aromatic nitrogens is 2. The second-order valence-corrected chi connectivity index (χ2v) is 7.76. The van der Waals surface area contributed by atoms with Crippen molar-refractivity contribution in [3.05, 3.63) is 41.2 Å². The summed E-state index contributed by atoms with van der Waals surface area (Å²) < 4.78 is 0. The number of anilines is 1. The van der Waals surface area contributed by atoms with Crippen molar-refractivity contribution in [2.24, 2.45) is 5.41 Å². The Bertz CT molecular complexity index is 751. The topological polar surface area (TPSA) is 69.6 Å². The third-order valence-electron chi connectivity index (χ3n) is 5.25. The molecule has 1 N–H and O–H groups in total. The van der Waals surface area contributed by atoms with Crippen molar-refractivity contribution in [3.8, 4) is 0 Å². The lowest BCUT2D eigenvalue weighted by Gasteiger charge is -2.39. The number of thiazole rings is 1. The fourth-order valence-electron chi connectivity index (χ4n) is 3.94. The van der Waals surface area contributed by atoms with Gasteiger partial charge in [0.1, 0.15) is 0 Å². The fraction of sp³-hybridized carbons (Fsp3) is 0.500. The Morgan fingerprint density at radius 1 is 1.32 bits per heavy atom. The number of aliphatic hydroxyl groups excluding tert-OH is 1. The average molecular weight is 358 g/mol. The lowest BCUT2D eigenvalue weighted by atomic mass is 9.78. The maximum absolute atomic E-state index is 13.2. The molecule has 2 aliphatic heterocycles. The van der Waals surface area contributed by atoms with Crippen LogP contribution >= 0.6 is 11.3 Å². The molecule has 2 fully saturated rings. The molecule has 2 saturated heterocycles. The zero-order valence-corrected chi connectivity index (χ0v) is 14.9. The minimum atomic E-state index is -0.286. The third-order valence-corrected chi connectivity index (χ3v) is 6.20. The zero-order valence-electron chi connectivity index (χ0n) is 14.1. The molecule has 2 aliphatic rings. The molecule has 1 spiro atoms. The van der Waals surface area contributed by atoms with E-state index >= 15 is 0 Å². The molecule has 0 radical (unpaired) electrons. The minimum Gasteiger partial charge on any atom is -0.390 e. The van der Waals surface area contributed by atoms with Gasteiger partial charge in [-0.2, -0.15) is 0 Å². The highest BCUT2D eigenvalue weighted by atomic mass is 32.1. The first kappa shape index (κ1) is 16.5. The maximum Gasteiger partial charge on any atom is 0.230 e. The SMILES string of the molecule is O=C1N(Cc2cccnc2)CCCC12CCN(c1nc(CO)cs1)C2. The van der Waals surface area contributed by atoms with Gasteiger partial charge in [-0.05, 0) is 30.9 Å². The van der Waals surface area contributed by atoms with Gasteiger partial charge in [0.2, 0.25) is 5.91 Å². The van der Waals surface area contributed by atoms with Crippen LogP contribution in [0.4, 0.5) is 5.13 Å². The molecule has 7 heteroatoms. The monoisotopic (exact) mass is 358 g/mol. The summed E-state index contributed by atoms with van der Waals surface area (Å²) in [5, 5.41) is 12.0. The Labute approximate surface area is 151 Å². The molecule has 6 nitrogen and oxygen atoms in total. The lowest BCUT2D eigenvalue weighted by molar-refractivity contribution is -0.145. The van der Waals surface area contributed by atoms with E-state index in [4.69, 9.17) is 0 Å². The molecule has 132 valence electrons. The first-order valence-corrected chi connectivity index (χ1v) is 9.57. The third kappa shape index (κ3) is 3.14. The van der Waals surface area contributed by atoms with Crippen molar-refractivity contribution >= 4 is 22.4 Å². The van der Waals surface area contributed by atoms with E-state index < -0.39 is 0 Å². The van der Waals surface area contributed by atoms with Gasteiger partial charge in [-0.25, -0.2) is 4.98 Å². The van der Waals surface area contributed by atoms with Crippen LogP contribution in [0.3, 0.4) is 0 Å². The fourth-order valence-corrected chi connectivity index (χ4v) is 4.79. The first-order valence-electron chi connectivity index (χ1n) is 8.69. The van der Waals surface area contributed by atoms with Gasteiger partial charge in [0.25, 0.3) is 0 Å². The number of aliphatic hydroxyl groups is 1. The van der Waals surface area contributed by atoms with Crippen LogP contribution in [0.15, 0.2) is 29.9 Å². The van der Waals surface area contributed by atoms with Crippen LogP contribution in [0.5, 0.6) is 0 Å². The summed E-state index contributed by atoms with van der Waals surface area (Å²) in [4.78, 5) is 26.0. The number of carbonyl (C=O) groups excluding carboxylic acids is 1. The molecular weight excluding hydrogens is 336 g/mol. The highest BCUT2D eigenvalue weighted by Crippen LogP contribution is 2.42. The van der Waals surface area contributed by atoms with Crippen molar-refractivity contribution in [1.29, 1.82) is 0 Å². The minimum absolute atomic E-state index is 0.0344. The highest BCUT2D eigenvalue weighted by Gasteiger charge is 2.48. The van der Waals surface area contributed by atoms with Crippen molar-refractivity contribution in [1.82, 2.24) is 14.9 Å². The van der Waals surface area contributed by atoms with Crippen LogP contribution in [0.1, 0.15) is 30.5 Å². The van der Waals surface area contributed by atoms with Gasteiger partial charge >= 0.3 is 0 Å². The van der Waals surface area contributed by atoms with E-state index in [1.807, 2.05) is 28.6 Å². The number of nitrogens with zero attached hydrogens (tertiary/aromatic N) is 4. The van der Waals surface area contributed by atoms with Crippen LogP contribution in [0.2, 0.25) is 0 Å². The van der Waals surface area contributed by atoms with Gasteiger partial charge in [0.05, 0.1) is 17.7 Å². The number of hydrogen-bond acceptors (Lipinski definition) is 6. The van der Waals surface area contributed by atoms with Crippen LogP contribution in [0, 0.1) is 5.41 Å². The van der Waals surface area contributed by atoms with E-state index in [9.17, 15) is 9.90 Å². The molecule has 0 bridgehead atoms. The molecule has 0 aliphatic carbocycles. The van der Waals surface area contributed by atoms with Crippen molar-refractivity contribution in [3.63, 3.8) is 0 Å². The number of likely N-dealkylation sites (tertiary alicyclic amines) is 1. The van der Waals surface area contributed by atoms with Crippen LogP contribution < -0.4 is 4.90 Å². The molecule has 25 heavy (non-hydrogen) atoms.